The maximum Gasteiger partial charge on any atom is 0.0407 e. The normalized spacial score (nSPS) is 16.4. The highest BCUT2D eigenvalue weighted by atomic mass is 35.5. The zero-order valence-electron chi connectivity index (χ0n) is 7.65. The van der Waals surface area contributed by atoms with E-state index < -0.39 is 0 Å². The van der Waals surface area contributed by atoms with Gasteiger partial charge in [-0.15, -0.1) is 11.6 Å². The monoisotopic (exact) mass is 195 g/mol. The molecule has 2 rings (SSSR count). The number of nitrogens with one attached hydrogen (secondary N) is 1. The van der Waals surface area contributed by atoms with Crippen LogP contribution in [-0.4, -0.2) is 10.9 Å². The lowest BCUT2D eigenvalue weighted by Gasteiger charge is -2.08. The summed E-state index contributed by atoms with van der Waals surface area (Å²) in [5.41, 5.74) is 4.13. The van der Waals surface area contributed by atoms with Gasteiger partial charge < -0.3 is 4.98 Å². The first-order valence-electron chi connectivity index (χ1n) is 4.83. The predicted molar refractivity (Wildman–Crippen MR) is 57.2 cm³/mol. The van der Waals surface area contributed by atoms with E-state index in [2.05, 4.69) is 17.1 Å². The zero-order valence-corrected chi connectivity index (χ0v) is 8.40. The van der Waals surface area contributed by atoms with E-state index in [0.29, 0.717) is 5.88 Å². The number of rotatable bonds is 2. The van der Waals surface area contributed by atoms with Crippen molar-refractivity contribution in [2.24, 2.45) is 0 Å². The van der Waals surface area contributed by atoms with E-state index in [1.807, 2.05) is 6.08 Å². The van der Waals surface area contributed by atoms with Crippen LogP contribution in [0.15, 0.2) is 12.1 Å². The van der Waals surface area contributed by atoms with Gasteiger partial charge in [-0.1, -0.05) is 6.08 Å². The Kier molecular flexibility index (Phi) is 2.74. The Bertz CT molecular complexity index is 288. The van der Waals surface area contributed by atoms with Crippen molar-refractivity contribution >= 4 is 17.7 Å². The Morgan fingerprint density at radius 3 is 3.00 bits per heavy atom. The quantitative estimate of drug-likeness (QED) is 0.698. The fourth-order valence-corrected chi connectivity index (χ4v) is 1.98. The van der Waals surface area contributed by atoms with Crippen molar-refractivity contribution in [3.63, 3.8) is 0 Å². The minimum Gasteiger partial charge on any atom is -0.359 e. The van der Waals surface area contributed by atoms with Gasteiger partial charge in [0.25, 0.3) is 0 Å². The van der Waals surface area contributed by atoms with Crippen LogP contribution in [0.25, 0.3) is 6.08 Å². The number of aryl methyl sites for hydroxylation is 2. The number of fused-ring (bicyclic) bond motifs is 1. The third kappa shape index (κ3) is 1.97. The van der Waals surface area contributed by atoms with Gasteiger partial charge in [-0.2, -0.15) is 0 Å². The zero-order chi connectivity index (χ0) is 9.10. The number of allylic oxidation sites excluding steroid dienone is 1. The van der Waals surface area contributed by atoms with Crippen molar-refractivity contribution in [3.05, 3.63) is 29.1 Å². The Hall–Kier alpha value is -0.690. The van der Waals surface area contributed by atoms with Crippen LogP contribution in [-0.2, 0) is 12.8 Å². The summed E-state index contributed by atoms with van der Waals surface area (Å²) in [5.74, 6) is 0.587. The number of aromatic amines is 1. The first-order chi connectivity index (χ1) is 6.40. The number of hydrogen-bond acceptors (Lipinski definition) is 0. The molecule has 1 nitrogen and oxygen atoms in total. The maximum absolute atomic E-state index is 5.58. The molecule has 0 aromatic carbocycles. The fourth-order valence-electron chi connectivity index (χ4n) is 1.89. The Morgan fingerprint density at radius 2 is 2.23 bits per heavy atom. The van der Waals surface area contributed by atoms with Gasteiger partial charge in [0.05, 0.1) is 0 Å². The maximum atomic E-state index is 5.58. The Labute approximate surface area is 83.8 Å². The molecule has 0 saturated heterocycles. The van der Waals surface area contributed by atoms with Crippen LogP contribution in [0.1, 0.15) is 29.8 Å². The van der Waals surface area contributed by atoms with Crippen molar-refractivity contribution in [1.82, 2.24) is 4.98 Å². The van der Waals surface area contributed by atoms with E-state index in [9.17, 15) is 0 Å². The van der Waals surface area contributed by atoms with Gasteiger partial charge in [0.2, 0.25) is 0 Å². The fraction of sp³-hybridized carbons (Fsp3) is 0.455. The van der Waals surface area contributed by atoms with Crippen molar-refractivity contribution in [1.29, 1.82) is 0 Å². The van der Waals surface area contributed by atoms with Gasteiger partial charge in [0.15, 0.2) is 0 Å². The highest BCUT2D eigenvalue weighted by molar-refractivity contribution is 6.19. The predicted octanol–water partition coefficient (Wildman–Crippen LogP) is 3.15. The number of hydrogen-bond donors (Lipinski definition) is 1. The van der Waals surface area contributed by atoms with Crippen LogP contribution >= 0.6 is 11.6 Å². The summed E-state index contributed by atoms with van der Waals surface area (Å²) < 4.78 is 0. The molecule has 0 amide bonds. The Morgan fingerprint density at radius 1 is 1.38 bits per heavy atom. The molecule has 13 heavy (non-hydrogen) atoms. The third-order valence-corrected chi connectivity index (χ3v) is 2.70. The standard InChI is InChI=1S/C11H14ClN/c12-7-3-5-10-8-9-4-1-2-6-11(9)13-10/h3,5,8,13H,1-2,4,6-7H2/b5-3-. The topological polar surface area (TPSA) is 15.8 Å². The summed E-state index contributed by atoms with van der Waals surface area (Å²) in [4.78, 5) is 3.42. The number of halogens is 1. The number of alkyl halides is 1. The first kappa shape index (κ1) is 8.89. The van der Waals surface area contributed by atoms with Crippen LogP contribution in [0.2, 0.25) is 0 Å². The minimum absolute atomic E-state index is 0.587. The molecule has 1 N–H and O–H groups in total. The summed E-state index contributed by atoms with van der Waals surface area (Å²) in [6.45, 7) is 0. The summed E-state index contributed by atoms with van der Waals surface area (Å²) in [6.07, 6.45) is 9.14. The van der Waals surface area contributed by atoms with E-state index >= 15 is 0 Å². The summed E-state index contributed by atoms with van der Waals surface area (Å²) >= 11 is 5.58. The van der Waals surface area contributed by atoms with E-state index in [1.165, 1.54) is 42.6 Å². The lowest BCUT2D eigenvalue weighted by atomic mass is 9.98. The van der Waals surface area contributed by atoms with Crippen LogP contribution in [0.4, 0.5) is 0 Å². The molecule has 1 aromatic rings. The highest BCUT2D eigenvalue weighted by Gasteiger charge is 2.10. The summed E-state index contributed by atoms with van der Waals surface area (Å²) in [7, 11) is 0. The molecule has 0 radical (unpaired) electrons. The average Bonchev–Trinajstić information content (AvgIpc) is 2.57. The molecule has 0 saturated carbocycles. The average molecular weight is 196 g/mol. The van der Waals surface area contributed by atoms with Crippen LogP contribution in [0.5, 0.6) is 0 Å². The van der Waals surface area contributed by atoms with E-state index in [1.54, 1.807) is 0 Å². The molecule has 1 aliphatic carbocycles. The molecule has 0 bridgehead atoms. The molecule has 0 aliphatic heterocycles. The molecule has 0 spiro atoms. The summed E-state index contributed by atoms with van der Waals surface area (Å²) in [5, 5.41) is 0. The second-order valence-electron chi connectivity index (χ2n) is 3.49. The molecule has 1 heterocycles. The molecule has 1 aromatic heterocycles. The van der Waals surface area contributed by atoms with Gasteiger partial charge in [0, 0.05) is 17.3 Å². The molecule has 1 aliphatic rings. The van der Waals surface area contributed by atoms with Crippen LogP contribution in [0.3, 0.4) is 0 Å². The Balaban J connectivity index is 2.20. The smallest absolute Gasteiger partial charge is 0.0407 e. The molecule has 70 valence electrons. The van der Waals surface area contributed by atoms with E-state index in [-0.39, 0.29) is 0 Å². The van der Waals surface area contributed by atoms with Crippen molar-refractivity contribution < 1.29 is 0 Å². The van der Waals surface area contributed by atoms with Crippen molar-refractivity contribution in [3.8, 4) is 0 Å². The van der Waals surface area contributed by atoms with Gasteiger partial charge in [-0.25, -0.2) is 0 Å². The van der Waals surface area contributed by atoms with Crippen LogP contribution in [0, 0.1) is 0 Å². The minimum atomic E-state index is 0.587. The number of aromatic nitrogens is 1. The van der Waals surface area contributed by atoms with Crippen LogP contribution < -0.4 is 0 Å². The van der Waals surface area contributed by atoms with Crippen molar-refractivity contribution in [2.45, 2.75) is 25.7 Å². The lowest BCUT2D eigenvalue weighted by molar-refractivity contribution is 0.677. The highest BCUT2D eigenvalue weighted by Crippen LogP contribution is 2.21. The van der Waals surface area contributed by atoms with Gasteiger partial charge in [-0.05, 0) is 43.4 Å². The summed E-state index contributed by atoms with van der Waals surface area (Å²) in [6, 6.07) is 2.25. The lowest BCUT2D eigenvalue weighted by Crippen LogP contribution is -1.99. The molecular weight excluding hydrogens is 182 g/mol. The molecular formula is C11H14ClN. The molecule has 0 fully saturated rings. The SMILES string of the molecule is ClC/C=C\c1cc2c([nH]1)CCCC2. The van der Waals surface area contributed by atoms with Crippen molar-refractivity contribution in [2.75, 3.05) is 5.88 Å². The number of H-pyrrole nitrogens is 1. The van der Waals surface area contributed by atoms with E-state index in [4.69, 9.17) is 11.6 Å². The second kappa shape index (κ2) is 4.01. The second-order valence-corrected chi connectivity index (χ2v) is 3.80. The first-order valence-corrected chi connectivity index (χ1v) is 5.37. The van der Waals surface area contributed by atoms with Gasteiger partial charge in [0.1, 0.15) is 0 Å². The molecule has 0 atom stereocenters. The third-order valence-electron chi connectivity index (χ3n) is 2.52. The van der Waals surface area contributed by atoms with Gasteiger partial charge in [-0.3, -0.25) is 0 Å². The largest absolute Gasteiger partial charge is 0.359 e. The van der Waals surface area contributed by atoms with Gasteiger partial charge >= 0.3 is 0 Å². The molecule has 0 unspecified atom stereocenters. The molecule has 2 heteroatoms. The van der Waals surface area contributed by atoms with E-state index in [0.717, 1.165) is 0 Å².